The van der Waals surface area contributed by atoms with Crippen molar-refractivity contribution < 1.29 is 9.59 Å². The summed E-state index contributed by atoms with van der Waals surface area (Å²) < 4.78 is 0. The predicted molar refractivity (Wildman–Crippen MR) is 64.7 cm³/mol. The number of carbonyl (C=O) groups excluding carboxylic acids is 2. The Kier molecular flexibility index (Phi) is 4.85. The van der Waals surface area contributed by atoms with E-state index in [-0.39, 0.29) is 18.2 Å². The number of benzene rings is 1. The molecular formula is C11H14N2O2S. The Hall–Kier alpha value is -1.49. The minimum absolute atomic E-state index is 0.0917. The zero-order valence-electron chi connectivity index (χ0n) is 8.99. The van der Waals surface area contributed by atoms with Crippen LogP contribution in [0, 0.1) is 0 Å². The van der Waals surface area contributed by atoms with Gasteiger partial charge in [-0.05, 0) is 24.3 Å². The van der Waals surface area contributed by atoms with E-state index >= 15 is 0 Å². The number of hydrogen-bond acceptors (Lipinski definition) is 3. The monoisotopic (exact) mass is 238 g/mol. The lowest BCUT2D eigenvalue weighted by Gasteiger charge is -2.04. The highest BCUT2D eigenvalue weighted by Gasteiger charge is 2.05. The number of nitrogens with one attached hydrogen (secondary N) is 2. The van der Waals surface area contributed by atoms with Crippen LogP contribution in [0.2, 0.25) is 0 Å². The molecule has 0 saturated carbocycles. The number of rotatable bonds is 4. The molecule has 0 atom stereocenters. The van der Waals surface area contributed by atoms with E-state index < -0.39 is 0 Å². The number of hydrogen-bond donors (Lipinski definition) is 3. The molecule has 5 heteroatoms. The van der Waals surface area contributed by atoms with E-state index in [0.717, 1.165) is 4.90 Å². The SMILES string of the molecule is CNC(=O)CCNC(=O)c1ccc(S)cc1. The van der Waals surface area contributed by atoms with Crippen molar-refractivity contribution in [3.05, 3.63) is 29.8 Å². The van der Waals surface area contributed by atoms with E-state index in [0.29, 0.717) is 12.1 Å². The number of amides is 2. The molecule has 0 bridgehead atoms. The quantitative estimate of drug-likeness (QED) is 0.681. The highest BCUT2D eigenvalue weighted by Crippen LogP contribution is 2.07. The van der Waals surface area contributed by atoms with Crippen LogP contribution >= 0.6 is 12.6 Å². The first-order chi connectivity index (χ1) is 7.63. The molecule has 0 aliphatic heterocycles. The Balaban J connectivity index is 2.41. The van der Waals surface area contributed by atoms with Crippen molar-refractivity contribution in [2.45, 2.75) is 11.3 Å². The summed E-state index contributed by atoms with van der Waals surface area (Å²) >= 11 is 4.13. The molecule has 1 aromatic carbocycles. The molecule has 1 aromatic rings. The summed E-state index contributed by atoms with van der Waals surface area (Å²) in [6.45, 7) is 0.334. The molecule has 16 heavy (non-hydrogen) atoms. The summed E-state index contributed by atoms with van der Waals surface area (Å²) in [6.07, 6.45) is 0.285. The van der Waals surface area contributed by atoms with Gasteiger partial charge in [0.05, 0.1) is 0 Å². The molecule has 2 N–H and O–H groups in total. The van der Waals surface area contributed by atoms with Crippen molar-refractivity contribution in [3.63, 3.8) is 0 Å². The third-order valence-corrected chi connectivity index (χ3v) is 2.34. The first-order valence-electron chi connectivity index (χ1n) is 4.91. The zero-order valence-corrected chi connectivity index (χ0v) is 9.88. The number of carbonyl (C=O) groups is 2. The maximum atomic E-state index is 11.6. The van der Waals surface area contributed by atoms with Crippen LogP contribution in [0.5, 0.6) is 0 Å². The van der Waals surface area contributed by atoms with Crippen molar-refractivity contribution in [2.24, 2.45) is 0 Å². The first kappa shape index (κ1) is 12.6. The fourth-order valence-corrected chi connectivity index (χ4v) is 1.28. The molecule has 0 heterocycles. The van der Waals surface area contributed by atoms with Gasteiger partial charge < -0.3 is 10.6 Å². The second-order valence-corrected chi connectivity index (χ2v) is 3.74. The normalized spacial score (nSPS) is 9.62. The van der Waals surface area contributed by atoms with Crippen molar-refractivity contribution in [1.29, 1.82) is 0 Å². The molecule has 0 spiro atoms. The van der Waals surface area contributed by atoms with Crippen LogP contribution in [0.25, 0.3) is 0 Å². The van der Waals surface area contributed by atoms with E-state index in [1.807, 2.05) is 0 Å². The van der Waals surface area contributed by atoms with Gasteiger partial charge in [0.1, 0.15) is 0 Å². The van der Waals surface area contributed by atoms with Gasteiger partial charge in [0.25, 0.3) is 5.91 Å². The summed E-state index contributed by atoms with van der Waals surface area (Å²) in [5, 5.41) is 5.14. The van der Waals surface area contributed by atoms with Gasteiger partial charge in [-0.2, -0.15) is 0 Å². The smallest absolute Gasteiger partial charge is 0.251 e. The third kappa shape index (κ3) is 3.94. The van der Waals surface area contributed by atoms with E-state index in [9.17, 15) is 9.59 Å². The van der Waals surface area contributed by atoms with Gasteiger partial charge >= 0.3 is 0 Å². The van der Waals surface area contributed by atoms with E-state index in [1.54, 1.807) is 31.3 Å². The first-order valence-corrected chi connectivity index (χ1v) is 5.36. The average molecular weight is 238 g/mol. The second kappa shape index (κ2) is 6.17. The minimum Gasteiger partial charge on any atom is -0.359 e. The molecule has 86 valence electrons. The van der Waals surface area contributed by atoms with Crippen molar-refractivity contribution in [3.8, 4) is 0 Å². The van der Waals surface area contributed by atoms with Crippen LogP contribution in [0.3, 0.4) is 0 Å². The Labute approximate surface area is 99.8 Å². The average Bonchev–Trinajstić information content (AvgIpc) is 2.29. The second-order valence-electron chi connectivity index (χ2n) is 3.23. The van der Waals surface area contributed by atoms with E-state index in [4.69, 9.17) is 0 Å². The van der Waals surface area contributed by atoms with Gasteiger partial charge in [0.15, 0.2) is 0 Å². The molecule has 4 nitrogen and oxygen atoms in total. The van der Waals surface area contributed by atoms with Crippen molar-refractivity contribution >= 4 is 24.4 Å². The summed E-state index contributed by atoms with van der Waals surface area (Å²) in [5.74, 6) is -0.275. The van der Waals surface area contributed by atoms with E-state index in [1.165, 1.54) is 0 Å². The maximum Gasteiger partial charge on any atom is 0.251 e. The molecule has 0 fully saturated rings. The summed E-state index contributed by atoms with van der Waals surface area (Å²) in [4.78, 5) is 23.3. The fraction of sp³-hybridized carbons (Fsp3) is 0.273. The van der Waals surface area contributed by atoms with Crippen molar-refractivity contribution in [2.75, 3.05) is 13.6 Å². The summed E-state index contributed by atoms with van der Waals surface area (Å²) in [5.41, 5.74) is 0.565. The lowest BCUT2D eigenvalue weighted by molar-refractivity contribution is -0.120. The zero-order chi connectivity index (χ0) is 12.0. The van der Waals surface area contributed by atoms with Crippen molar-refractivity contribution in [1.82, 2.24) is 10.6 Å². The summed E-state index contributed by atoms with van der Waals surface area (Å²) in [7, 11) is 1.57. The minimum atomic E-state index is -0.183. The van der Waals surface area contributed by atoms with Crippen LogP contribution in [0.4, 0.5) is 0 Å². The molecule has 1 rings (SSSR count). The largest absolute Gasteiger partial charge is 0.359 e. The van der Waals surface area contributed by atoms with Gasteiger partial charge in [-0.3, -0.25) is 9.59 Å². The van der Waals surface area contributed by atoms with Crippen LogP contribution in [0.1, 0.15) is 16.8 Å². The Morgan fingerprint density at radius 3 is 2.44 bits per heavy atom. The van der Waals surface area contributed by atoms with Gasteiger partial charge in [-0.25, -0.2) is 0 Å². The lowest BCUT2D eigenvalue weighted by atomic mass is 10.2. The Bertz CT molecular complexity index is 376. The topological polar surface area (TPSA) is 58.2 Å². The lowest BCUT2D eigenvalue weighted by Crippen LogP contribution is -2.29. The molecule has 0 radical (unpaired) electrons. The third-order valence-electron chi connectivity index (χ3n) is 2.05. The highest BCUT2D eigenvalue weighted by molar-refractivity contribution is 7.80. The van der Waals surface area contributed by atoms with E-state index in [2.05, 4.69) is 23.3 Å². The van der Waals surface area contributed by atoms with Gasteiger partial charge in [-0.1, -0.05) is 0 Å². The van der Waals surface area contributed by atoms with Crippen LogP contribution in [-0.4, -0.2) is 25.4 Å². The van der Waals surface area contributed by atoms with Gasteiger partial charge in [0.2, 0.25) is 5.91 Å². The molecule has 2 amide bonds. The predicted octanol–water partition coefficient (Wildman–Crippen LogP) is 0.841. The molecule has 0 aliphatic carbocycles. The molecular weight excluding hydrogens is 224 g/mol. The molecule has 0 aliphatic rings. The standard InChI is InChI=1S/C11H14N2O2S/c1-12-10(14)6-7-13-11(15)8-2-4-9(16)5-3-8/h2-5,16H,6-7H2,1H3,(H,12,14)(H,13,15). The maximum absolute atomic E-state index is 11.6. The molecule has 0 saturated heterocycles. The molecule has 0 aromatic heterocycles. The molecule has 0 unspecified atom stereocenters. The highest BCUT2D eigenvalue weighted by atomic mass is 32.1. The van der Waals surface area contributed by atoms with Gasteiger partial charge in [-0.15, -0.1) is 12.6 Å². The fourth-order valence-electron chi connectivity index (χ4n) is 1.13. The van der Waals surface area contributed by atoms with Crippen LogP contribution in [-0.2, 0) is 4.79 Å². The Morgan fingerprint density at radius 2 is 1.88 bits per heavy atom. The van der Waals surface area contributed by atoms with Crippen LogP contribution < -0.4 is 10.6 Å². The van der Waals surface area contributed by atoms with Crippen LogP contribution in [0.15, 0.2) is 29.2 Å². The Morgan fingerprint density at radius 1 is 1.25 bits per heavy atom. The van der Waals surface area contributed by atoms with Gasteiger partial charge in [0, 0.05) is 30.5 Å². The summed E-state index contributed by atoms with van der Waals surface area (Å²) in [6, 6.07) is 6.88. The number of thiol groups is 1.